The van der Waals surface area contributed by atoms with Crippen molar-refractivity contribution in [1.82, 2.24) is 4.90 Å². The van der Waals surface area contributed by atoms with Gasteiger partial charge in [-0.25, -0.2) is 0 Å². The average molecular weight is 328 g/mol. The monoisotopic (exact) mass is 327 g/mol. The van der Waals surface area contributed by atoms with Gasteiger partial charge in [0.15, 0.2) is 0 Å². The number of nitrogens with zero attached hydrogens (tertiary/aromatic N) is 2. The molecule has 0 amide bonds. The quantitative estimate of drug-likeness (QED) is 0.644. The number of nitro benzene ring substituents is 1. The standard InChI is InChI=1S/C13H18BrN3O2/c1-9-7-12(11(14)8-13(9)17(18)19)15-5-6-16(2)10-3-4-10/h7-8,10,15H,3-6H2,1-2H3. The van der Waals surface area contributed by atoms with E-state index in [0.29, 0.717) is 5.56 Å². The molecule has 0 unspecified atom stereocenters. The van der Waals surface area contributed by atoms with Crippen LogP contribution in [0.15, 0.2) is 16.6 Å². The first-order valence-electron chi connectivity index (χ1n) is 6.37. The summed E-state index contributed by atoms with van der Waals surface area (Å²) in [4.78, 5) is 12.8. The summed E-state index contributed by atoms with van der Waals surface area (Å²) in [5.41, 5.74) is 1.73. The minimum atomic E-state index is -0.356. The molecule has 19 heavy (non-hydrogen) atoms. The highest BCUT2D eigenvalue weighted by Crippen LogP contribution is 2.30. The molecule has 1 N–H and O–H groups in total. The molecule has 2 rings (SSSR count). The molecule has 1 aromatic carbocycles. The van der Waals surface area contributed by atoms with Crippen LogP contribution in [0.25, 0.3) is 0 Å². The molecule has 0 heterocycles. The Morgan fingerprint density at radius 3 is 2.79 bits per heavy atom. The van der Waals surface area contributed by atoms with Crippen LogP contribution in [0.1, 0.15) is 18.4 Å². The third-order valence-electron chi connectivity index (χ3n) is 3.43. The van der Waals surface area contributed by atoms with Crippen LogP contribution in [0.2, 0.25) is 0 Å². The van der Waals surface area contributed by atoms with Gasteiger partial charge in [-0.15, -0.1) is 0 Å². The molecule has 5 nitrogen and oxygen atoms in total. The van der Waals surface area contributed by atoms with Gasteiger partial charge in [0.2, 0.25) is 0 Å². The summed E-state index contributed by atoms with van der Waals surface area (Å²) < 4.78 is 0.735. The lowest BCUT2D eigenvalue weighted by molar-refractivity contribution is -0.385. The van der Waals surface area contributed by atoms with Crippen molar-refractivity contribution in [2.45, 2.75) is 25.8 Å². The predicted octanol–water partition coefficient (Wildman–Crippen LogP) is 3.17. The van der Waals surface area contributed by atoms with Crippen LogP contribution in [0, 0.1) is 17.0 Å². The molecule has 0 saturated heterocycles. The number of hydrogen-bond acceptors (Lipinski definition) is 4. The summed E-state index contributed by atoms with van der Waals surface area (Å²) in [6.45, 7) is 3.57. The first kappa shape index (κ1) is 14.3. The van der Waals surface area contributed by atoms with Crippen molar-refractivity contribution >= 4 is 27.3 Å². The third kappa shape index (κ3) is 3.67. The first-order valence-corrected chi connectivity index (χ1v) is 7.17. The summed E-state index contributed by atoms with van der Waals surface area (Å²) in [7, 11) is 2.13. The van der Waals surface area contributed by atoms with Crippen LogP contribution in [0.5, 0.6) is 0 Å². The van der Waals surface area contributed by atoms with Crippen molar-refractivity contribution in [2.75, 3.05) is 25.5 Å². The molecule has 1 saturated carbocycles. The van der Waals surface area contributed by atoms with E-state index in [2.05, 4.69) is 33.2 Å². The van der Waals surface area contributed by atoms with E-state index in [4.69, 9.17) is 0 Å². The summed E-state index contributed by atoms with van der Waals surface area (Å²) in [6.07, 6.45) is 2.60. The molecular weight excluding hydrogens is 310 g/mol. The summed E-state index contributed by atoms with van der Waals surface area (Å²) in [5, 5.41) is 14.2. The lowest BCUT2D eigenvalue weighted by Crippen LogP contribution is -2.27. The Hall–Kier alpha value is -1.14. The smallest absolute Gasteiger partial charge is 0.273 e. The molecule has 1 aliphatic carbocycles. The number of hydrogen-bond donors (Lipinski definition) is 1. The van der Waals surface area contributed by atoms with Gasteiger partial charge < -0.3 is 10.2 Å². The zero-order valence-electron chi connectivity index (χ0n) is 11.1. The van der Waals surface area contributed by atoms with E-state index in [1.54, 1.807) is 13.0 Å². The van der Waals surface area contributed by atoms with Gasteiger partial charge in [-0.05, 0) is 48.8 Å². The number of nitrogens with one attached hydrogen (secondary N) is 1. The van der Waals surface area contributed by atoms with Crippen molar-refractivity contribution in [1.29, 1.82) is 0 Å². The second-order valence-corrected chi connectivity index (χ2v) is 5.87. The highest BCUT2D eigenvalue weighted by atomic mass is 79.9. The average Bonchev–Trinajstić information content (AvgIpc) is 3.16. The molecule has 0 aromatic heterocycles. The molecule has 0 aliphatic heterocycles. The Morgan fingerprint density at radius 1 is 1.53 bits per heavy atom. The highest BCUT2D eigenvalue weighted by Gasteiger charge is 2.25. The van der Waals surface area contributed by atoms with Crippen molar-refractivity contribution in [3.63, 3.8) is 0 Å². The van der Waals surface area contributed by atoms with Gasteiger partial charge in [0.25, 0.3) is 5.69 Å². The van der Waals surface area contributed by atoms with Crippen LogP contribution < -0.4 is 5.32 Å². The number of rotatable bonds is 6. The van der Waals surface area contributed by atoms with Gasteiger partial charge in [0.1, 0.15) is 0 Å². The minimum Gasteiger partial charge on any atom is -0.383 e. The fourth-order valence-electron chi connectivity index (χ4n) is 2.07. The number of aryl methyl sites for hydroxylation is 1. The maximum absolute atomic E-state index is 10.8. The van der Waals surface area contributed by atoms with Crippen LogP contribution in [-0.4, -0.2) is 36.0 Å². The van der Waals surface area contributed by atoms with E-state index in [1.807, 2.05) is 6.07 Å². The third-order valence-corrected chi connectivity index (χ3v) is 4.09. The second kappa shape index (κ2) is 5.88. The molecule has 0 bridgehead atoms. The largest absolute Gasteiger partial charge is 0.383 e. The fourth-order valence-corrected chi connectivity index (χ4v) is 2.54. The SMILES string of the molecule is Cc1cc(NCCN(C)C2CC2)c(Br)cc1[N+](=O)[O-]. The molecule has 1 fully saturated rings. The second-order valence-electron chi connectivity index (χ2n) is 5.01. The van der Waals surface area contributed by atoms with Crippen molar-refractivity contribution in [2.24, 2.45) is 0 Å². The molecular formula is C13H18BrN3O2. The van der Waals surface area contributed by atoms with E-state index in [0.717, 1.165) is 29.3 Å². The maximum Gasteiger partial charge on any atom is 0.273 e. The first-order chi connectivity index (χ1) is 8.99. The molecule has 6 heteroatoms. The van der Waals surface area contributed by atoms with Gasteiger partial charge in [-0.2, -0.15) is 0 Å². The van der Waals surface area contributed by atoms with Gasteiger partial charge in [-0.1, -0.05) is 0 Å². The van der Waals surface area contributed by atoms with Crippen molar-refractivity contribution in [3.8, 4) is 0 Å². The Morgan fingerprint density at radius 2 is 2.21 bits per heavy atom. The summed E-state index contributed by atoms with van der Waals surface area (Å²) in [6, 6.07) is 4.13. The van der Waals surface area contributed by atoms with Gasteiger partial charge in [0, 0.05) is 40.9 Å². The van der Waals surface area contributed by atoms with Crippen LogP contribution >= 0.6 is 15.9 Å². The molecule has 1 aliphatic rings. The molecule has 0 radical (unpaired) electrons. The zero-order valence-corrected chi connectivity index (χ0v) is 12.7. The van der Waals surface area contributed by atoms with E-state index in [-0.39, 0.29) is 10.6 Å². The van der Waals surface area contributed by atoms with Crippen LogP contribution in [-0.2, 0) is 0 Å². The molecule has 0 spiro atoms. The lowest BCUT2D eigenvalue weighted by Gasteiger charge is -2.17. The van der Waals surface area contributed by atoms with Gasteiger partial charge in [0.05, 0.1) is 4.92 Å². The van der Waals surface area contributed by atoms with E-state index < -0.39 is 0 Å². The number of anilines is 1. The van der Waals surface area contributed by atoms with Crippen LogP contribution in [0.4, 0.5) is 11.4 Å². The number of nitro groups is 1. The Kier molecular flexibility index (Phi) is 4.42. The Bertz CT molecular complexity index is 489. The van der Waals surface area contributed by atoms with Crippen molar-refractivity contribution in [3.05, 3.63) is 32.3 Å². The zero-order chi connectivity index (χ0) is 14.0. The number of likely N-dealkylation sites (N-methyl/N-ethyl adjacent to an activating group) is 1. The summed E-state index contributed by atoms with van der Waals surface area (Å²) in [5.74, 6) is 0. The molecule has 0 atom stereocenters. The van der Waals surface area contributed by atoms with E-state index >= 15 is 0 Å². The van der Waals surface area contributed by atoms with Gasteiger partial charge in [-0.3, -0.25) is 10.1 Å². The van der Waals surface area contributed by atoms with E-state index in [9.17, 15) is 10.1 Å². The Balaban J connectivity index is 1.96. The summed E-state index contributed by atoms with van der Waals surface area (Å²) >= 11 is 3.38. The minimum absolute atomic E-state index is 0.146. The topological polar surface area (TPSA) is 58.4 Å². The van der Waals surface area contributed by atoms with Crippen LogP contribution in [0.3, 0.4) is 0 Å². The maximum atomic E-state index is 10.8. The number of benzene rings is 1. The Labute approximate surface area is 121 Å². The fraction of sp³-hybridized carbons (Fsp3) is 0.538. The van der Waals surface area contributed by atoms with Gasteiger partial charge >= 0.3 is 0 Å². The predicted molar refractivity (Wildman–Crippen MR) is 79.7 cm³/mol. The highest BCUT2D eigenvalue weighted by molar-refractivity contribution is 9.10. The van der Waals surface area contributed by atoms with E-state index in [1.165, 1.54) is 12.8 Å². The van der Waals surface area contributed by atoms with Crippen molar-refractivity contribution < 1.29 is 4.92 Å². The number of halogens is 1. The normalized spacial score (nSPS) is 14.7. The molecule has 1 aromatic rings. The lowest BCUT2D eigenvalue weighted by atomic mass is 10.2. The molecule has 104 valence electrons.